The van der Waals surface area contributed by atoms with Crippen LogP contribution in [0, 0.1) is 13.8 Å². The molecule has 2 aromatic rings. The number of aromatic nitrogens is 4. The Kier molecular flexibility index (Phi) is 4.54. The number of nitrogens with zero attached hydrogens (tertiary/aromatic N) is 5. The number of hydrogen-bond acceptors (Lipinski definition) is 6. The minimum atomic E-state index is -0.0531. The standard InChI is InChI=1S/C15H23N5O2/c1-11-15(12(2)22-17-11)5-7-19-6-3-4-14(9-19)20-8-13(10-21)16-18-20/h8,14,21H,3-7,9-10H2,1-2H3/t14-/m0/s1. The largest absolute Gasteiger partial charge is 0.390 e. The minimum absolute atomic E-state index is 0.0531. The van der Waals surface area contributed by atoms with Crippen LogP contribution in [0.4, 0.5) is 0 Å². The molecule has 1 fully saturated rings. The summed E-state index contributed by atoms with van der Waals surface area (Å²) >= 11 is 0. The van der Waals surface area contributed by atoms with Crippen molar-refractivity contribution in [2.45, 2.75) is 45.8 Å². The molecule has 0 aromatic carbocycles. The summed E-state index contributed by atoms with van der Waals surface area (Å²) in [5, 5.41) is 21.2. The first-order valence-corrected chi connectivity index (χ1v) is 7.83. The molecule has 7 nitrogen and oxygen atoms in total. The van der Waals surface area contributed by atoms with Crippen molar-refractivity contribution in [3.63, 3.8) is 0 Å². The molecule has 22 heavy (non-hydrogen) atoms. The molecule has 1 N–H and O–H groups in total. The van der Waals surface area contributed by atoms with Crippen molar-refractivity contribution in [2.24, 2.45) is 0 Å². The fourth-order valence-corrected chi connectivity index (χ4v) is 3.14. The first-order chi connectivity index (χ1) is 10.7. The van der Waals surface area contributed by atoms with Gasteiger partial charge in [0.1, 0.15) is 11.5 Å². The summed E-state index contributed by atoms with van der Waals surface area (Å²) in [4.78, 5) is 2.46. The van der Waals surface area contributed by atoms with E-state index in [0.29, 0.717) is 11.7 Å². The molecular weight excluding hydrogens is 282 g/mol. The molecule has 0 radical (unpaired) electrons. The van der Waals surface area contributed by atoms with Gasteiger partial charge in [0.05, 0.1) is 24.5 Å². The zero-order valence-electron chi connectivity index (χ0n) is 13.2. The van der Waals surface area contributed by atoms with Crippen LogP contribution >= 0.6 is 0 Å². The molecule has 0 aliphatic carbocycles. The van der Waals surface area contributed by atoms with Crippen LogP contribution in [-0.4, -0.2) is 49.8 Å². The van der Waals surface area contributed by atoms with Crippen molar-refractivity contribution in [3.8, 4) is 0 Å². The van der Waals surface area contributed by atoms with Gasteiger partial charge >= 0.3 is 0 Å². The second-order valence-electron chi connectivity index (χ2n) is 6.00. The molecule has 1 saturated heterocycles. The molecule has 0 saturated carbocycles. The lowest BCUT2D eigenvalue weighted by Gasteiger charge is -2.32. The monoisotopic (exact) mass is 305 g/mol. The molecule has 1 aliphatic rings. The number of aliphatic hydroxyl groups excluding tert-OH is 1. The predicted molar refractivity (Wildman–Crippen MR) is 80.3 cm³/mol. The van der Waals surface area contributed by atoms with E-state index < -0.39 is 0 Å². The Labute approximate surface area is 129 Å². The van der Waals surface area contributed by atoms with E-state index in [1.807, 2.05) is 24.7 Å². The molecule has 3 rings (SSSR count). The Balaban J connectivity index is 1.59. The number of hydrogen-bond donors (Lipinski definition) is 1. The lowest BCUT2D eigenvalue weighted by Crippen LogP contribution is -2.38. The quantitative estimate of drug-likeness (QED) is 0.895. The van der Waals surface area contributed by atoms with Gasteiger partial charge in [-0.2, -0.15) is 0 Å². The highest BCUT2D eigenvalue weighted by Crippen LogP contribution is 2.22. The Hall–Kier alpha value is -1.73. The zero-order chi connectivity index (χ0) is 15.5. The van der Waals surface area contributed by atoms with Crippen LogP contribution in [0.3, 0.4) is 0 Å². The summed E-state index contributed by atoms with van der Waals surface area (Å²) in [5.41, 5.74) is 2.85. The van der Waals surface area contributed by atoms with Crippen molar-refractivity contribution < 1.29 is 9.63 Å². The number of piperidine rings is 1. The molecule has 3 heterocycles. The fraction of sp³-hybridized carbons (Fsp3) is 0.667. The smallest absolute Gasteiger partial charge is 0.137 e. The van der Waals surface area contributed by atoms with Crippen LogP contribution in [0.25, 0.3) is 0 Å². The van der Waals surface area contributed by atoms with Crippen molar-refractivity contribution in [1.29, 1.82) is 0 Å². The van der Waals surface area contributed by atoms with Crippen molar-refractivity contribution >= 4 is 0 Å². The summed E-state index contributed by atoms with van der Waals surface area (Å²) in [6, 6.07) is 0.339. The van der Waals surface area contributed by atoms with Gasteiger partial charge in [-0.3, -0.25) is 0 Å². The fourth-order valence-electron chi connectivity index (χ4n) is 3.14. The summed E-state index contributed by atoms with van der Waals surface area (Å²) in [5.74, 6) is 0.926. The molecule has 0 unspecified atom stereocenters. The first-order valence-electron chi connectivity index (χ1n) is 7.83. The third kappa shape index (κ3) is 3.20. The summed E-state index contributed by atoms with van der Waals surface area (Å²) in [7, 11) is 0. The van der Waals surface area contributed by atoms with Gasteiger partial charge in [0.15, 0.2) is 0 Å². The maximum absolute atomic E-state index is 9.10. The van der Waals surface area contributed by atoms with Crippen LogP contribution in [0.15, 0.2) is 10.7 Å². The highest BCUT2D eigenvalue weighted by atomic mass is 16.5. The Morgan fingerprint density at radius 3 is 2.95 bits per heavy atom. The first kappa shape index (κ1) is 15.2. The van der Waals surface area contributed by atoms with Crippen LogP contribution in [0.1, 0.15) is 41.6 Å². The van der Waals surface area contributed by atoms with Crippen LogP contribution < -0.4 is 0 Å². The SMILES string of the molecule is Cc1noc(C)c1CCN1CCC[C@H](n2cc(CO)nn2)C1. The van der Waals surface area contributed by atoms with E-state index in [4.69, 9.17) is 9.63 Å². The second-order valence-corrected chi connectivity index (χ2v) is 6.00. The van der Waals surface area contributed by atoms with Crippen molar-refractivity contribution in [2.75, 3.05) is 19.6 Å². The minimum Gasteiger partial charge on any atom is -0.390 e. The molecule has 1 atom stereocenters. The lowest BCUT2D eigenvalue weighted by atomic mass is 10.0. The summed E-state index contributed by atoms with van der Waals surface area (Å²) in [6.07, 6.45) is 5.08. The highest BCUT2D eigenvalue weighted by Gasteiger charge is 2.22. The molecule has 0 amide bonds. The maximum Gasteiger partial charge on any atom is 0.137 e. The van der Waals surface area contributed by atoms with Gasteiger partial charge < -0.3 is 14.5 Å². The molecule has 0 spiro atoms. The van der Waals surface area contributed by atoms with Gasteiger partial charge in [-0.1, -0.05) is 10.4 Å². The van der Waals surface area contributed by atoms with Crippen molar-refractivity contribution in [1.82, 2.24) is 25.1 Å². The molecular formula is C15H23N5O2. The maximum atomic E-state index is 9.10. The number of likely N-dealkylation sites (tertiary alicyclic amines) is 1. The van der Waals surface area contributed by atoms with E-state index >= 15 is 0 Å². The Morgan fingerprint density at radius 1 is 1.41 bits per heavy atom. The van der Waals surface area contributed by atoms with Crippen LogP contribution in [0.5, 0.6) is 0 Å². The van der Waals surface area contributed by atoms with E-state index in [1.165, 1.54) is 5.56 Å². The lowest BCUT2D eigenvalue weighted by molar-refractivity contribution is 0.170. The number of rotatable bonds is 5. The molecule has 1 aliphatic heterocycles. The Morgan fingerprint density at radius 2 is 2.27 bits per heavy atom. The normalized spacial score (nSPS) is 19.7. The van der Waals surface area contributed by atoms with E-state index in [-0.39, 0.29) is 6.61 Å². The van der Waals surface area contributed by atoms with Gasteiger partial charge in [-0.25, -0.2) is 4.68 Å². The number of aryl methyl sites for hydroxylation is 2. The van der Waals surface area contributed by atoms with E-state index in [9.17, 15) is 0 Å². The zero-order valence-corrected chi connectivity index (χ0v) is 13.2. The molecule has 0 bridgehead atoms. The van der Waals surface area contributed by atoms with Crippen LogP contribution in [-0.2, 0) is 13.0 Å². The van der Waals surface area contributed by atoms with Crippen LogP contribution in [0.2, 0.25) is 0 Å². The number of aliphatic hydroxyl groups is 1. The summed E-state index contributed by atoms with van der Waals surface area (Å²) in [6.45, 7) is 7.00. The molecule has 120 valence electrons. The van der Waals surface area contributed by atoms with Gasteiger partial charge in [0, 0.05) is 18.7 Å². The van der Waals surface area contributed by atoms with Gasteiger partial charge in [0.2, 0.25) is 0 Å². The van der Waals surface area contributed by atoms with E-state index in [2.05, 4.69) is 20.4 Å². The predicted octanol–water partition coefficient (Wildman–Crippen LogP) is 1.25. The van der Waals surface area contributed by atoms with Gasteiger partial charge in [0.25, 0.3) is 0 Å². The molecule has 7 heteroatoms. The summed E-state index contributed by atoms with van der Waals surface area (Å²) < 4.78 is 7.12. The van der Waals surface area contributed by atoms with E-state index in [1.54, 1.807) is 0 Å². The topological polar surface area (TPSA) is 80.2 Å². The molecule has 2 aromatic heterocycles. The Bertz CT molecular complexity index is 602. The third-order valence-corrected chi connectivity index (χ3v) is 4.43. The van der Waals surface area contributed by atoms with E-state index in [0.717, 1.165) is 50.4 Å². The average molecular weight is 305 g/mol. The average Bonchev–Trinajstić information content (AvgIpc) is 3.13. The highest BCUT2D eigenvalue weighted by molar-refractivity contribution is 5.21. The van der Waals surface area contributed by atoms with Gasteiger partial charge in [-0.15, -0.1) is 5.10 Å². The van der Waals surface area contributed by atoms with Crippen molar-refractivity contribution in [3.05, 3.63) is 28.9 Å². The van der Waals surface area contributed by atoms with Gasteiger partial charge in [-0.05, 0) is 39.7 Å². The third-order valence-electron chi connectivity index (χ3n) is 4.43. The second kappa shape index (κ2) is 6.58.